The predicted octanol–water partition coefficient (Wildman–Crippen LogP) is 7.19. The molecule has 1 aliphatic carbocycles. The first-order chi connectivity index (χ1) is 26.4. The minimum absolute atomic E-state index is 0.0322. The second-order valence-corrected chi connectivity index (χ2v) is 17.7. The molecule has 0 spiro atoms. The van der Waals surface area contributed by atoms with Crippen LogP contribution in [-0.2, 0) is 25.7 Å². The number of hydrogen-bond donors (Lipinski definition) is 3. The SMILES string of the molecule is Cc1ncsc1-c1ccc(CNC(=O)[C@@H]2C[C@H](O)CN2C(=O)[C@@H](NC(=O)C2(F)CC2)C(C)(C)SC(c2ccccc2)(c2ccccc2)c2ccccc2)cc1. The van der Waals surface area contributed by atoms with Crippen LogP contribution in [0.3, 0.4) is 0 Å². The van der Waals surface area contributed by atoms with Gasteiger partial charge in [-0.05, 0) is 61.4 Å². The zero-order valence-electron chi connectivity index (χ0n) is 31.1. The predicted molar refractivity (Wildman–Crippen MR) is 216 cm³/mol. The summed E-state index contributed by atoms with van der Waals surface area (Å²) in [6.45, 7) is 5.83. The lowest BCUT2D eigenvalue weighted by Gasteiger charge is -2.45. The van der Waals surface area contributed by atoms with Gasteiger partial charge >= 0.3 is 0 Å². The molecule has 1 saturated heterocycles. The topological polar surface area (TPSA) is 112 Å². The Hall–Kier alpha value is -4.84. The van der Waals surface area contributed by atoms with Gasteiger partial charge < -0.3 is 20.6 Å². The quantitative estimate of drug-likeness (QED) is 0.109. The molecule has 11 heteroatoms. The third-order valence-electron chi connectivity index (χ3n) is 10.6. The number of aryl methyl sites for hydroxylation is 1. The van der Waals surface area contributed by atoms with Crippen molar-refractivity contribution in [3.8, 4) is 10.4 Å². The number of nitrogens with one attached hydrogen (secondary N) is 2. The van der Waals surface area contributed by atoms with Crippen molar-refractivity contribution in [3.63, 3.8) is 0 Å². The van der Waals surface area contributed by atoms with Crippen molar-refractivity contribution < 1.29 is 23.9 Å². The van der Waals surface area contributed by atoms with Gasteiger partial charge in [0, 0.05) is 24.3 Å². The number of aliphatic hydroxyl groups excluding tert-OH is 1. The fourth-order valence-electron chi connectivity index (χ4n) is 7.41. The molecule has 284 valence electrons. The van der Waals surface area contributed by atoms with Crippen molar-refractivity contribution >= 4 is 40.8 Å². The van der Waals surface area contributed by atoms with E-state index >= 15 is 4.39 Å². The Labute approximate surface area is 329 Å². The Kier molecular flexibility index (Phi) is 11.0. The van der Waals surface area contributed by atoms with E-state index in [1.165, 1.54) is 16.7 Å². The molecule has 4 aromatic carbocycles. The summed E-state index contributed by atoms with van der Waals surface area (Å²) >= 11 is 3.06. The number of rotatable bonds is 13. The minimum atomic E-state index is -2.05. The van der Waals surface area contributed by atoms with E-state index in [9.17, 15) is 19.5 Å². The van der Waals surface area contributed by atoms with E-state index in [4.69, 9.17) is 0 Å². The van der Waals surface area contributed by atoms with Gasteiger partial charge in [-0.2, -0.15) is 0 Å². The molecule has 1 aromatic heterocycles. The second-order valence-electron chi connectivity index (χ2n) is 14.9. The zero-order chi connectivity index (χ0) is 38.8. The van der Waals surface area contributed by atoms with Gasteiger partial charge in [0.05, 0.1) is 26.9 Å². The van der Waals surface area contributed by atoms with E-state index in [1.54, 1.807) is 11.3 Å². The van der Waals surface area contributed by atoms with Gasteiger partial charge in [0.1, 0.15) is 12.1 Å². The largest absolute Gasteiger partial charge is 0.391 e. The first-order valence-corrected chi connectivity index (χ1v) is 20.2. The third-order valence-corrected chi connectivity index (χ3v) is 13.3. The summed E-state index contributed by atoms with van der Waals surface area (Å²) < 4.78 is 13.4. The van der Waals surface area contributed by atoms with Crippen molar-refractivity contribution in [2.24, 2.45) is 0 Å². The van der Waals surface area contributed by atoms with Gasteiger partial charge in [-0.15, -0.1) is 23.1 Å². The normalized spacial score (nSPS) is 18.4. The molecule has 0 radical (unpaired) electrons. The molecule has 1 saturated carbocycles. The van der Waals surface area contributed by atoms with Crippen LogP contribution in [-0.4, -0.2) is 67.9 Å². The molecule has 7 rings (SSSR count). The van der Waals surface area contributed by atoms with Gasteiger partial charge in [0.25, 0.3) is 5.91 Å². The number of thiazole rings is 1. The molecule has 55 heavy (non-hydrogen) atoms. The van der Waals surface area contributed by atoms with Gasteiger partial charge in [-0.3, -0.25) is 14.4 Å². The average Bonchev–Trinajstić information content (AvgIpc) is 3.61. The maximum atomic E-state index is 15.4. The Balaban J connectivity index is 1.20. The number of hydrogen-bond acceptors (Lipinski definition) is 7. The fourth-order valence-corrected chi connectivity index (χ4v) is 10.1. The van der Waals surface area contributed by atoms with Gasteiger partial charge in [-0.25, -0.2) is 9.37 Å². The Morgan fingerprint density at radius 3 is 1.95 bits per heavy atom. The molecule has 1 aliphatic heterocycles. The molecular weight excluding hydrogens is 732 g/mol. The summed E-state index contributed by atoms with van der Waals surface area (Å²) in [4.78, 5) is 49.1. The van der Waals surface area contributed by atoms with E-state index < -0.39 is 51.1 Å². The molecule has 3 atom stereocenters. The van der Waals surface area contributed by atoms with Crippen molar-refractivity contribution in [3.05, 3.63) is 149 Å². The van der Waals surface area contributed by atoms with Crippen LogP contribution in [0.1, 0.15) is 61.1 Å². The lowest BCUT2D eigenvalue weighted by Crippen LogP contribution is -2.61. The maximum absolute atomic E-state index is 15.4. The average molecular weight is 777 g/mol. The summed E-state index contributed by atoms with van der Waals surface area (Å²) in [5.41, 5.74) is 5.49. The van der Waals surface area contributed by atoms with E-state index in [1.807, 2.05) is 142 Å². The number of likely N-dealkylation sites (tertiary alicyclic amines) is 1. The summed E-state index contributed by atoms with van der Waals surface area (Å²) in [5, 5.41) is 16.7. The van der Waals surface area contributed by atoms with Gasteiger partial charge in [-0.1, -0.05) is 115 Å². The standard InChI is InChI=1S/C44H45FN4O4S2/c1-29-37(54-28-47-29)31-21-19-30(20-22-31)26-46-39(51)36-25-35(50)27-49(36)40(52)38(48-41(53)43(45)23-24-43)42(2,3)55-44(32-13-7-4-8-14-32,33-15-9-5-10-16-33)34-17-11-6-12-18-34/h4-22,28,35-36,38,50H,23-27H2,1-3H3,(H,46,51)(H,48,53)/t35-,36-,38+/m0/s1. The Morgan fingerprint density at radius 1 is 0.909 bits per heavy atom. The highest BCUT2D eigenvalue weighted by Gasteiger charge is 2.55. The van der Waals surface area contributed by atoms with Crippen molar-refractivity contribution in [2.45, 2.75) is 79.9 Å². The number of carbonyl (C=O) groups is 3. The lowest BCUT2D eigenvalue weighted by atomic mass is 9.84. The monoisotopic (exact) mass is 776 g/mol. The second kappa shape index (κ2) is 15.7. The summed E-state index contributed by atoms with van der Waals surface area (Å²) in [5.74, 6) is -1.82. The summed E-state index contributed by atoms with van der Waals surface area (Å²) in [6, 6.07) is 35.5. The van der Waals surface area contributed by atoms with Crippen molar-refractivity contribution in [1.29, 1.82) is 0 Å². The Bertz CT molecular complexity index is 2030. The molecule has 2 heterocycles. The first kappa shape index (κ1) is 38.4. The van der Waals surface area contributed by atoms with E-state index in [-0.39, 0.29) is 32.4 Å². The smallest absolute Gasteiger partial charge is 0.258 e. The van der Waals surface area contributed by atoms with Crippen LogP contribution in [0.25, 0.3) is 10.4 Å². The number of β-amino-alcohol motifs (C(OH)–C–C–N with tert-alkyl or cyclic N) is 1. The molecular formula is C44H45FN4O4S2. The summed E-state index contributed by atoms with van der Waals surface area (Å²) in [7, 11) is 0. The van der Waals surface area contributed by atoms with Gasteiger partial charge in [0.15, 0.2) is 5.67 Å². The van der Waals surface area contributed by atoms with Crippen molar-refractivity contribution in [2.75, 3.05) is 6.54 Å². The number of alkyl halides is 1. The number of thioether (sulfide) groups is 1. The van der Waals surface area contributed by atoms with Crippen LogP contribution in [0.2, 0.25) is 0 Å². The number of amides is 3. The summed E-state index contributed by atoms with van der Waals surface area (Å²) in [6.07, 6.45) is -0.771. The molecule has 0 bridgehead atoms. The van der Waals surface area contributed by atoms with E-state index in [2.05, 4.69) is 15.6 Å². The Morgan fingerprint density at radius 2 is 1.45 bits per heavy atom. The van der Waals surface area contributed by atoms with E-state index in [0.29, 0.717) is 0 Å². The zero-order valence-corrected chi connectivity index (χ0v) is 32.7. The number of carbonyl (C=O) groups excluding carboxylic acids is 3. The number of halogens is 1. The molecule has 0 unspecified atom stereocenters. The molecule has 3 N–H and O–H groups in total. The third kappa shape index (κ3) is 7.97. The minimum Gasteiger partial charge on any atom is -0.391 e. The van der Waals surface area contributed by atoms with Crippen LogP contribution in [0, 0.1) is 6.92 Å². The van der Waals surface area contributed by atoms with Crippen LogP contribution in [0.5, 0.6) is 0 Å². The van der Waals surface area contributed by atoms with Crippen LogP contribution < -0.4 is 10.6 Å². The van der Waals surface area contributed by atoms with Gasteiger partial charge in [0.2, 0.25) is 11.8 Å². The van der Waals surface area contributed by atoms with Crippen LogP contribution in [0.15, 0.2) is 121 Å². The lowest BCUT2D eigenvalue weighted by molar-refractivity contribution is -0.143. The number of aromatic nitrogens is 1. The number of nitrogens with zero attached hydrogens (tertiary/aromatic N) is 2. The molecule has 3 amide bonds. The van der Waals surface area contributed by atoms with E-state index in [0.717, 1.165) is 38.4 Å². The highest BCUT2D eigenvalue weighted by molar-refractivity contribution is 8.02. The number of aliphatic hydroxyl groups is 1. The molecule has 2 aliphatic rings. The highest BCUT2D eigenvalue weighted by Crippen LogP contribution is 2.54. The molecule has 2 fully saturated rings. The molecule has 5 aromatic rings. The van der Waals surface area contributed by atoms with Crippen LogP contribution >= 0.6 is 23.1 Å². The van der Waals surface area contributed by atoms with Crippen molar-refractivity contribution in [1.82, 2.24) is 20.5 Å². The fraction of sp³-hybridized carbons (Fsp3) is 0.318. The van der Waals surface area contributed by atoms with Crippen LogP contribution in [0.4, 0.5) is 4.39 Å². The number of benzene rings is 4. The highest BCUT2D eigenvalue weighted by atomic mass is 32.2. The first-order valence-electron chi connectivity index (χ1n) is 18.5. The molecule has 8 nitrogen and oxygen atoms in total. The maximum Gasteiger partial charge on any atom is 0.258 e.